The Kier molecular flexibility index (Phi) is 3.93. The summed E-state index contributed by atoms with van der Waals surface area (Å²) < 4.78 is 0. The highest BCUT2D eigenvalue weighted by Crippen LogP contribution is 2.30. The summed E-state index contributed by atoms with van der Waals surface area (Å²) in [4.78, 5) is 7.57. The lowest BCUT2D eigenvalue weighted by molar-refractivity contribution is -0.0804. The van der Waals surface area contributed by atoms with Gasteiger partial charge in [-0.1, -0.05) is 0 Å². The highest BCUT2D eigenvalue weighted by atomic mass is 16.6. The zero-order chi connectivity index (χ0) is 10.8. The van der Waals surface area contributed by atoms with E-state index in [1.165, 1.54) is 25.9 Å². The number of hydrogen-bond donors (Lipinski definition) is 1. The van der Waals surface area contributed by atoms with Crippen LogP contribution in [0.3, 0.4) is 0 Å². The van der Waals surface area contributed by atoms with E-state index >= 15 is 0 Å². The van der Waals surface area contributed by atoms with E-state index in [2.05, 4.69) is 32.6 Å². The van der Waals surface area contributed by atoms with Gasteiger partial charge in [0.2, 0.25) is 0 Å². The number of hydrogen-bond acceptors (Lipinski definition) is 3. The van der Waals surface area contributed by atoms with E-state index < -0.39 is 0 Å². The molecule has 1 aliphatic rings. The topological polar surface area (TPSA) is 38.5 Å². The Hall–Kier alpha value is -0.120. The van der Waals surface area contributed by atoms with E-state index in [9.17, 15) is 0 Å². The van der Waals surface area contributed by atoms with Gasteiger partial charge in [-0.15, -0.1) is 0 Å². The summed E-state index contributed by atoms with van der Waals surface area (Å²) in [6.45, 7) is 11.0. The second-order valence-electron chi connectivity index (χ2n) is 5.13. The molecule has 0 aliphatic carbocycles. The lowest BCUT2D eigenvalue weighted by Crippen LogP contribution is -2.46. The van der Waals surface area contributed by atoms with Crippen LogP contribution in [0.25, 0.3) is 0 Å². The molecule has 84 valence electrons. The lowest BCUT2D eigenvalue weighted by atomic mass is 9.83. The average Bonchev–Trinajstić information content (AvgIpc) is 2.18. The van der Waals surface area contributed by atoms with Crippen LogP contribution in [-0.2, 0) is 4.84 Å². The van der Waals surface area contributed by atoms with E-state index in [1.807, 2.05) is 0 Å². The fourth-order valence-electron chi connectivity index (χ4n) is 2.21. The molecule has 3 heteroatoms. The zero-order valence-corrected chi connectivity index (χ0v) is 9.92. The Bertz CT molecular complexity index is 172. The van der Waals surface area contributed by atoms with Gasteiger partial charge in [0.15, 0.2) is 0 Å². The molecular formula is C11H24N2O. The number of rotatable bonds is 3. The van der Waals surface area contributed by atoms with E-state index in [1.54, 1.807) is 0 Å². The second-order valence-corrected chi connectivity index (χ2v) is 5.13. The smallest absolute Gasteiger partial charge is 0.0866 e. The number of likely N-dealkylation sites (tertiary alicyclic amines) is 1. The molecule has 0 aromatic rings. The fraction of sp³-hybridized carbons (Fsp3) is 1.00. The summed E-state index contributed by atoms with van der Waals surface area (Å²) in [6, 6.07) is 0.665. The largest absolute Gasteiger partial charge is 0.301 e. The summed E-state index contributed by atoms with van der Waals surface area (Å²) >= 11 is 0. The Balaban J connectivity index is 2.43. The third-order valence-electron chi connectivity index (χ3n) is 3.55. The van der Waals surface area contributed by atoms with Crippen LogP contribution >= 0.6 is 0 Å². The molecule has 0 unspecified atom stereocenters. The minimum Gasteiger partial charge on any atom is -0.301 e. The quantitative estimate of drug-likeness (QED) is 0.706. The molecular weight excluding hydrogens is 176 g/mol. The van der Waals surface area contributed by atoms with Crippen molar-refractivity contribution in [1.82, 2.24) is 4.90 Å². The maximum absolute atomic E-state index is 5.32. The molecule has 14 heavy (non-hydrogen) atoms. The van der Waals surface area contributed by atoms with E-state index in [4.69, 9.17) is 10.7 Å². The van der Waals surface area contributed by atoms with Gasteiger partial charge < -0.3 is 4.90 Å². The molecule has 0 aromatic heterocycles. The summed E-state index contributed by atoms with van der Waals surface area (Å²) in [5.41, 5.74) is -0.164. The van der Waals surface area contributed by atoms with Gasteiger partial charge in [-0.3, -0.25) is 4.84 Å². The van der Waals surface area contributed by atoms with Gasteiger partial charge in [0.1, 0.15) is 0 Å². The third kappa shape index (κ3) is 2.69. The first-order valence-electron chi connectivity index (χ1n) is 5.59. The highest BCUT2D eigenvalue weighted by molar-refractivity contribution is 4.84. The number of piperidine rings is 1. The first-order chi connectivity index (χ1) is 6.47. The molecule has 1 fully saturated rings. The summed E-state index contributed by atoms with van der Waals surface area (Å²) in [5, 5.41) is 0. The average molecular weight is 200 g/mol. The monoisotopic (exact) mass is 200 g/mol. The third-order valence-corrected chi connectivity index (χ3v) is 3.55. The van der Waals surface area contributed by atoms with E-state index in [0.717, 1.165) is 0 Å². The predicted molar refractivity (Wildman–Crippen MR) is 58.8 cm³/mol. The Morgan fingerprint density at radius 3 is 2.14 bits per heavy atom. The predicted octanol–water partition coefficient (Wildman–Crippen LogP) is 1.78. The summed E-state index contributed by atoms with van der Waals surface area (Å²) in [6.07, 6.45) is 2.39. The van der Waals surface area contributed by atoms with Gasteiger partial charge in [-0.25, -0.2) is 5.90 Å². The normalized spacial score (nSPS) is 21.9. The van der Waals surface area contributed by atoms with E-state index in [-0.39, 0.29) is 5.60 Å². The molecule has 1 heterocycles. The van der Waals surface area contributed by atoms with Gasteiger partial charge in [0.25, 0.3) is 0 Å². The molecule has 0 spiro atoms. The van der Waals surface area contributed by atoms with Crippen LogP contribution in [0.15, 0.2) is 0 Å². The van der Waals surface area contributed by atoms with Crippen molar-refractivity contribution in [3.63, 3.8) is 0 Å². The first kappa shape index (κ1) is 12.0. The van der Waals surface area contributed by atoms with Crippen molar-refractivity contribution in [2.24, 2.45) is 11.8 Å². The van der Waals surface area contributed by atoms with Crippen LogP contribution in [0.4, 0.5) is 0 Å². The van der Waals surface area contributed by atoms with Crippen molar-refractivity contribution in [3.05, 3.63) is 0 Å². The van der Waals surface area contributed by atoms with E-state index in [0.29, 0.717) is 12.0 Å². The van der Waals surface area contributed by atoms with Crippen molar-refractivity contribution < 1.29 is 4.84 Å². The molecule has 0 bridgehead atoms. The maximum atomic E-state index is 5.32. The molecule has 0 saturated carbocycles. The van der Waals surface area contributed by atoms with Gasteiger partial charge in [0.05, 0.1) is 5.60 Å². The molecule has 0 atom stereocenters. The van der Waals surface area contributed by atoms with Gasteiger partial charge >= 0.3 is 0 Å². The van der Waals surface area contributed by atoms with Crippen molar-refractivity contribution in [2.45, 2.75) is 52.2 Å². The molecule has 0 amide bonds. The fourth-order valence-corrected chi connectivity index (χ4v) is 2.21. The van der Waals surface area contributed by atoms with Crippen molar-refractivity contribution in [3.8, 4) is 0 Å². The molecule has 3 nitrogen and oxygen atoms in total. The van der Waals surface area contributed by atoms with Gasteiger partial charge in [0, 0.05) is 6.04 Å². The van der Waals surface area contributed by atoms with Gasteiger partial charge in [-0.05, 0) is 59.5 Å². The molecule has 0 radical (unpaired) electrons. The Labute approximate surface area is 87.6 Å². The summed E-state index contributed by atoms with van der Waals surface area (Å²) in [5.74, 6) is 5.92. The van der Waals surface area contributed by atoms with Crippen LogP contribution in [0.1, 0.15) is 40.5 Å². The first-order valence-corrected chi connectivity index (χ1v) is 5.59. The van der Waals surface area contributed by atoms with Crippen molar-refractivity contribution in [2.75, 3.05) is 13.1 Å². The molecule has 2 N–H and O–H groups in total. The van der Waals surface area contributed by atoms with Crippen LogP contribution in [-0.4, -0.2) is 29.6 Å². The molecule has 1 aliphatic heterocycles. The van der Waals surface area contributed by atoms with Crippen molar-refractivity contribution in [1.29, 1.82) is 0 Å². The Morgan fingerprint density at radius 1 is 1.29 bits per heavy atom. The highest BCUT2D eigenvalue weighted by Gasteiger charge is 2.33. The minimum atomic E-state index is -0.164. The standard InChI is InChI=1S/C11H24N2O/c1-9(2)13-7-5-10(6-8-13)11(3,4)14-12/h9-10H,5-8,12H2,1-4H3. The second kappa shape index (κ2) is 4.60. The number of nitrogens with two attached hydrogens (primary N) is 1. The summed E-state index contributed by atoms with van der Waals surface area (Å²) in [7, 11) is 0. The molecule has 1 saturated heterocycles. The van der Waals surface area contributed by atoms with Crippen LogP contribution in [0.2, 0.25) is 0 Å². The zero-order valence-electron chi connectivity index (χ0n) is 9.92. The Morgan fingerprint density at radius 2 is 1.79 bits per heavy atom. The number of nitrogens with zero attached hydrogens (tertiary/aromatic N) is 1. The molecule has 1 rings (SSSR count). The van der Waals surface area contributed by atoms with Crippen molar-refractivity contribution >= 4 is 0 Å². The van der Waals surface area contributed by atoms with Gasteiger partial charge in [-0.2, -0.15) is 0 Å². The van der Waals surface area contributed by atoms with Crippen LogP contribution in [0, 0.1) is 5.92 Å². The minimum absolute atomic E-state index is 0.164. The lowest BCUT2D eigenvalue weighted by Gasteiger charge is -2.40. The molecule has 0 aromatic carbocycles. The maximum Gasteiger partial charge on any atom is 0.0866 e. The van der Waals surface area contributed by atoms with Crippen LogP contribution in [0.5, 0.6) is 0 Å². The van der Waals surface area contributed by atoms with Crippen LogP contribution < -0.4 is 5.90 Å². The SMILES string of the molecule is CC(C)N1CCC(C(C)(C)ON)CC1.